The van der Waals surface area contributed by atoms with Crippen molar-refractivity contribution < 1.29 is 32.6 Å². The molecule has 2 aliphatic rings. The number of anilines is 1. The van der Waals surface area contributed by atoms with Crippen molar-refractivity contribution in [3.63, 3.8) is 0 Å². The number of carboxylic acids is 1. The predicted octanol–water partition coefficient (Wildman–Crippen LogP) is 0.472. The van der Waals surface area contributed by atoms with Crippen LogP contribution in [0, 0.1) is 0 Å². The molecule has 10 nitrogen and oxygen atoms in total. The van der Waals surface area contributed by atoms with Crippen LogP contribution in [0.1, 0.15) is 19.5 Å². The molecule has 0 aliphatic carbocycles. The summed E-state index contributed by atoms with van der Waals surface area (Å²) in [6.07, 6.45) is 1.95. The van der Waals surface area contributed by atoms with E-state index in [1.807, 2.05) is 0 Å². The van der Waals surface area contributed by atoms with E-state index in [9.17, 15) is 27.9 Å². The number of amides is 2. The Morgan fingerprint density at radius 1 is 1.41 bits per heavy atom. The Morgan fingerprint density at radius 3 is 2.67 bits per heavy atom. The molecular formula is C16H17N3O7S. The summed E-state index contributed by atoms with van der Waals surface area (Å²) in [6, 6.07) is 1.46. The molecule has 144 valence electrons. The lowest BCUT2D eigenvalue weighted by atomic mass is 9.95. The van der Waals surface area contributed by atoms with Gasteiger partial charge in [-0.15, -0.1) is 0 Å². The van der Waals surface area contributed by atoms with E-state index in [2.05, 4.69) is 15.0 Å². The Morgan fingerprint density at radius 2 is 2.07 bits per heavy atom. The van der Waals surface area contributed by atoms with Gasteiger partial charge in [-0.2, -0.15) is 0 Å². The average Bonchev–Trinajstić information content (AvgIpc) is 2.73. The van der Waals surface area contributed by atoms with E-state index in [0.717, 1.165) is 4.90 Å². The van der Waals surface area contributed by atoms with Crippen LogP contribution in [0.15, 0.2) is 23.9 Å². The summed E-state index contributed by atoms with van der Waals surface area (Å²) in [6.45, 7) is 2.59. The number of sulfone groups is 1. The van der Waals surface area contributed by atoms with Crippen LogP contribution in [0.25, 0.3) is 6.08 Å². The summed E-state index contributed by atoms with van der Waals surface area (Å²) in [5.74, 6) is -2.05. The van der Waals surface area contributed by atoms with Crippen molar-refractivity contribution in [3.8, 4) is 0 Å². The van der Waals surface area contributed by atoms with Gasteiger partial charge < -0.3 is 14.7 Å². The van der Waals surface area contributed by atoms with Gasteiger partial charge in [0.25, 0.3) is 5.91 Å². The lowest BCUT2D eigenvalue weighted by molar-refractivity contribution is -0.152. The minimum absolute atomic E-state index is 0.0606. The van der Waals surface area contributed by atoms with Crippen molar-refractivity contribution in [1.82, 2.24) is 9.88 Å². The highest BCUT2D eigenvalue weighted by Crippen LogP contribution is 2.48. The molecule has 27 heavy (non-hydrogen) atoms. The molecule has 1 aromatic rings. The van der Waals surface area contributed by atoms with Crippen LogP contribution in [-0.4, -0.2) is 64.7 Å². The third-order valence-electron chi connectivity index (χ3n) is 4.71. The molecule has 2 aliphatic heterocycles. The molecule has 3 rings (SSSR count). The number of pyridine rings is 1. The van der Waals surface area contributed by atoms with Gasteiger partial charge in [-0.1, -0.05) is 0 Å². The van der Waals surface area contributed by atoms with Crippen LogP contribution in [0.3, 0.4) is 0 Å². The zero-order valence-electron chi connectivity index (χ0n) is 14.7. The van der Waals surface area contributed by atoms with Gasteiger partial charge in [0.1, 0.15) is 4.75 Å². The zero-order chi connectivity index (χ0) is 20.1. The Labute approximate surface area is 154 Å². The SMILES string of the molecule is COC(=O)Nc1ccnc(/C=C2/C(=O)N3[C@@H](C(=O)O)C(C)(C)S(=O)(=O)[C@H]23)c1. The molecule has 0 spiro atoms. The van der Waals surface area contributed by atoms with Crippen LogP contribution < -0.4 is 5.32 Å². The minimum atomic E-state index is -3.96. The molecule has 11 heteroatoms. The third kappa shape index (κ3) is 2.65. The highest BCUT2D eigenvalue weighted by atomic mass is 32.2. The second-order valence-electron chi connectivity index (χ2n) is 6.64. The minimum Gasteiger partial charge on any atom is -0.480 e. The first-order chi connectivity index (χ1) is 12.5. The van der Waals surface area contributed by atoms with Crippen LogP contribution in [-0.2, 0) is 24.2 Å². The average molecular weight is 395 g/mol. The number of rotatable bonds is 3. The molecule has 3 heterocycles. The highest BCUT2D eigenvalue weighted by Gasteiger charge is 2.70. The fourth-order valence-electron chi connectivity index (χ4n) is 3.28. The number of fused-ring (bicyclic) bond motifs is 1. The summed E-state index contributed by atoms with van der Waals surface area (Å²) in [5, 5.41) is 10.5. The van der Waals surface area contributed by atoms with Gasteiger partial charge >= 0.3 is 12.1 Å². The summed E-state index contributed by atoms with van der Waals surface area (Å²) >= 11 is 0. The van der Waals surface area contributed by atoms with E-state index >= 15 is 0 Å². The van der Waals surface area contributed by atoms with E-state index in [1.54, 1.807) is 0 Å². The van der Waals surface area contributed by atoms with Crippen molar-refractivity contribution in [2.24, 2.45) is 0 Å². The number of hydrogen-bond donors (Lipinski definition) is 2. The van der Waals surface area contributed by atoms with Gasteiger partial charge in [-0.05, 0) is 32.1 Å². The lowest BCUT2D eigenvalue weighted by Crippen LogP contribution is -2.58. The standard InChI is InChI=1S/C16H17N3O7S/c1-16(2)11(14(21)22)19-12(20)10(13(19)27(16,24)25)7-9-6-8(4-5-17-9)18-15(23)26-3/h4-7,11,13H,1-3H3,(H,21,22)(H,17,18,23)/b10-7-/t11-,13+/m0/s1. The number of β-lactam (4-membered cyclic amide) rings is 1. The number of aromatic nitrogens is 1. The number of nitrogens with zero attached hydrogens (tertiary/aromatic N) is 2. The maximum atomic E-state index is 12.8. The Balaban J connectivity index is 1.99. The summed E-state index contributed by atoms with van der Waals surface area (Å²) in [5.41, 5.74) is 0.513. The number of aliphatic carboxylic acids is 1. The van der Waals surface area contributed by atoms with Gasteiger partial charge in [0.2, 0.25) is 0 Å². The molecule has 2 N–H and O–H groups in total. The zero-order valence-corrected chi connectivity index (χ0v) is 15.5. The maximum absolute atomic E-state index is 12.8. The van der Waals surface area contributed by atoms with Gasteiger partial charge in [0, 0.05) is 11.9 Å². The second-order valence-corrected chi connectivity index (χ2v) is 9.23. The van der Waals surface area contributed by atoms with E-state index in [-0.39, 0.29) is 11.3 Å². The monoisotopic (exact) mass is 395 g/mol. The second kappa shape index (κ2) is 6.05. The van der Waals surface area contributed by atoms with E-state index in [0.29, 0.717) is 5.69 Å². The molecule has 0 bridgehead atoms. The maximum Gasteiger partial charge on any atom is 0.411 e. The number of carbonyl (C=O) groups excluding carboxylic acids is 2. The highest BCUT2D eigenvalue weighted by molar-refractivity contribution is 7.94. The molecule has 0 radical (unpaired) electrons. The summed E-state index contributed by atoms with van der Waals surface area (Å²) in [4.78, 5) is 40.2. The molecular weight excluding hydrogens is 378 g/mol. The van der Waals surface area contributed by atoms with E-state index in [1.165, 1.54) is 45.4 Å². The first kappa shape index (κ1) is 18.8. The van der Waals surface area contributed by atoms with Crippen molar-refractivity contribution in [3.05, 3.63) is 29.6 Å². The molecule has 0 saturated carbocycles. The first-order valence-corrected chi connectivity index (χ1v) is 9.38. The fraction of sp³-hybridized carbons (Fsp3) is 0.375. The summed E-state index contributed by atoms with van der Waals surface area (Å²) in [7, 11) is -2.76. The number of hydrogen-bond acceptors (Lipinski definition) is 7. The van der Waals surface area contributed by atoms with Gasteiger partial charge in [0.15, 0.2) is 21.3 Å². The smallest absolute Gasteiger partial charge is 0.411 e. The van der Waals surface area contributed by atoms with Crippen LogP contribution in [0.5, 0.6) is 0 Å². The molecule has 0 aromatic carbocycles. The Kier molecular flexibility index (Phi) is 4.22. The van der Waals surface area contributed by atoms with E-state index < -0.39 is 44.0 Å². The number of carbonyl (C=O) groups is 3. The Hall–Kier alpha value is -2.95. The molecule has 0 unspecified atom stereocenters. The molecule has 1 aromatic heterocycles. The summed E-state index contributed by atoms with van der Waals surface area (Å²) < 4.78 is 28.4. The third-order valence-corrected chi connectivity index (χ3v) is 7.47. The number of carboxylic acid groups (broad SMARTS) is 1. The van der Waals surface area contributed by atoms with Gasteiger partial charge in [-0.3, -0.25) is 15.1 Å². The number of ether oxygens (including phenoxy) is 1. The van der Waals surface area contributed by atoms with E-state index in [4.69, 9.17) is 0 Å². The van der Waals surface area contributed by atoms with Crippen LogP contribution in [0.4, 0.5) is 10.5 Å². The Bertz CT molecular complexity index is 983. The van der Waals surface area contributed by atoms with Crippen molar-refractivity contribution in [2.45, 2.75) is 30.0 Å². The first-order valence-electron chi connectivity index (χ1n) is 7.84. The number of methoxy groups -OCH3 is 1. The van der Waals surface area contributed by atoms with Gasteiger partial charge in [-0.25, -0.2) is 18.0 Å². The van der Waals surface area contributed by atoms with Crippen molar-refractivity contribution in [1.29, 1.82) is 0 Å². The molecule has 2 amide bonds. The van der Waals surface area contributed by atoms with Crippen LogP contribution >= 0.6 is 0 Å². The largest absolute Gasteiger partial charge is 0.480 e. The fourth-order valence-corrected chi connectivity index (χ4v) is 5.40. The lowest BCUT2D eigenvalue weighted by Gasteiger charge is -2.37. The normalized spacial score (nSPS) is 26.3. The molecule has 2 atom stereocenters. The molecule has 2 saturated heterocycles. The topological polar surface area (TPSA) is 143 Å². The van der Waals surface area contributed by atoms with Crippen LogP contribution in [0.2, 0.25) is 0 Å². The van der Waals surface area contributed by atoms with Gasteiger partial charge in [0.05, 0.1) is 18.4 Å². The quantitative estimate of drug-likeness (QED) is 0.555. The predicted molar refractivity (Wildman–Crippen MR) is 93.3 cm³/mol. The van der Waals surface area contributed by atoms with Crippen molar-refractivity contribution >= 4 is 39.6 Å². The van der Waals surface area contributed by atoms with Crippen molar-refractivity contribution in [2.75, 3.05) is 12.4 Å². The molecule has 2 fully saturated rings. The number of nitrogens with one attached hydrogen (secondary N) is 1.